The van der Waals surface area contributed by atoms with Crippen LogP contribution in [0, 0.1) is 17.8 Å². The van der Waals surface area contributed by atoms with Crippen LogP contribution in [0.3, 0.4) is 0 Å². The number of ether oxygens (including phenoxy) is 2. The van der Waals surface area contributed by atoms with Gasteiger partial charge in [-0.3, -0.25) is 0 Å². The maximum Gasteiger partial charge on any atom is 0.125 e. The fourth-order valence-corrected chi connectivity index (χ4v) is 5.78. The summed E-state index contributed by atoms with van der Waals surface area (Å²) in [4.78, 5) is 0. The van der Waals surface area contributed by atoms with Gasteiger partial charge in [0.2, 0.25) is 0 Å². The van der Waals surface area contributed by atoms with Crippen molar-refractivity contribution in [1.82, 2.24) is 0 Å². The highest BCUT2D eigenvalue weighted by molar-refractivity contribution is 5.66. The molecule has 0 radical (unpaired) electrons. The first-order chi connectivity index (χ1) is 11.5. The molecule has 24 heavy (non-hydrogen) atoms. The summed E-state index contributed by atoms with van der Waals surface area (Å²) in [7, 11) is 1.76. The lowest BCUT2D eigenvalue weighted by Gasteiger charge is -2.58. The molecule has 2 atom stereocenters. The Morgan fingerprint density at radius 2 is 1.88 bits per heavy atom. The van der Waals surface area contributed by atoms with Gasteiger partial charge in [-0.15, -0.1) is 0 Å². The Balaban J connectivity index is 1.73. The van der Waals surface area contributed by atoms with Crippen molar-refractivity contribution in [3.63, 3.8) is 0 Å². The molecule has 1 aromatic carbocycles. The minimum absolute atomic E-state index is 0.0891. The molecule has 5 rings (SSSR count). The maximum atomic E-state index is 9.85. The lowest BCUT2D eigenvalue weighted by molar-refractivity contribution is -0.164. The van der Waals surface area contributed by atoms with E-state index in [2.05, 4.69) is 13.8 Å². The molecule has 1 aromatic rings. The quantitative estimate of drug-likeness (QED) is 0.810. The van der Waals surface area contributed by atoms with E-state index in [1.165, 1.54) is 24.8 Å². The smallest absolute Gasteiger partial charge is 0.125 e. The van der Waals surface area contributed by atoms with Gasteiger partial charge in [-0.1, -0.05) is 12.1 Å². The number of rotatable bonds is 4. The molecule has 4 saturated carbocycles. The third-order valence-electron chi connectivity index (χ3n) is 6.07. The van der Waals surface area contributed by atoms with Crippen LogP contribution in [0.2, 0.25) is 0 Å². The van der Waals surface area contributed by atoms with E-state index in [9.17, 15) is 5.11 Å². The largest absolute Gasteiger partial charge is 0.508 e. The topological polar surface area (TPSA) is 38.7 Å². The van der Waals surface area contributed by atoms with Crippen LogP contribution in [-0.4, -0.2) is 23.9 Å². The van der Waals surface area contributed by atoms with Gasteiger partial charge in [-0.25, -0.2) is 0 Å². The van der Waals surface area contributed by atoms with E-state index in [-0.39, 0.29) is 5.60 Å². The van der Waals surface area contributed by atoms with Crippen molar-refractivity contribution in [2.75, 3.05) is 7.11 Å². The number of benzene rings is 1. The van der Waals surface area contributed by atoms with Crippen molar-refractivity contribution in [2.24, 2.45) is 17.8 Å². The molecule has 0 aromatic heterocycles. The minimum Gasteiger partial charge on any atom is -0.508 e. The summed E-state index contributed by atoms with van der Waals surface area (Å²) < 4.78 is 12.3. The highest BCUT2D eigenvalue weighted by Gasteiger charge is 2.55. The molecular formula is C21H28O3. The Hall–Kier alpha value is -1.48. The van der Waals surface area contributed by atoms with Crippen LogP contribution in [-0.2, 0) is 9.47 Å². The molecule has 3 nitrogen and oxygen atoms in total. The fraction of sp³-hybridized carbons (Fsp3) is 0.619. The summed E-state index contributed by atoms with van der Waals surface area (Å²) >= 11 is 0. The Labute approximate surface area is 144 Å². The molecule has 4 aliphatic rings. The predicted octanol–water partition coefficient (Wildman–Crippen LogP) is 4.75. The summed E-state index contributed by atoms with van der Waals surface area (Å²) in [5, 5.41) is 9.85. The minimum atomic E-state index is 0.0891. The van der Waals surface area contributed by atoms with Crippen LogP contribution in [0.15, 0.2) is 29.8 Å². The van der Waals surface area contributed by atoms with Gasteiger partial charge in [0.25, 0.3) is 0 Å². The summed E-state index contributed by atoms with van der Waals surface area (Å²) in [5.74, 6) is 3.21. The van der Waals surface area contributed by atoms with Crippen molar-refractivity contribution in [1.29, 1.82) is 0 Å². The highest BCUT2D eigenvalue weighted by Crippen LogP contribution is 2.61. The molecule has 4 aliphatic carbocycles. The van der Waals surface area contributed by atoms with Crippen molar-refractivity contribution < 1.29 is 14.6 Å². The van der Waals surface area contributed by atoms with Crippen molar-refractivity contribution in [3.05, 3.63) is 35.4 Å². The first kappa shape index (κ1) is 16.0. The van der Waals surface area contributed by atoms with Crippen LogP contribution in [0.1, 0.15) is 51.5 Å². The third-order valence-corrected chi connectivity index (χ3v) is 6.07. The molecule has 1 N–H and O–H groups in total. The Bertz CT molecular complexity index is 639. The summed E-state index contributed by atoms with van der Waals surface area (Å²) in [6.45, 7) is 4.31. The number of methoxy groups -OCH3 is 1. The monoisotopic (exact) mass is 328 g/mol. The Morgan fingerprint density at radius 1 is 1.17 bits per heavy atom. The van der Waals surface area contributed by atoms with E-state index < -0.39 is 0 Å². The summed E-state index contributed by atoms with van der Waals surface area (Å²) in [6, 6.07) is 7.46. The van der Waals surface area contributed by atoms with Gasteiger partial charge in [0.1, 0.15) is 11.5 Å². The van der Waals surface area contributed by atoms with Gasteiger partial charge in [-0.2, -0.15) is 0 Å². The van der Waals surface area contributed by atoms with Crippen molar-refractivity contribution in [3.8, 4) is 5.75 Å². The first-order valence-corrected chi connectivity index (χ1v) is 9.25. The molecule has 4 bridgehead atoms. The van der Waals surface area contributed by atoms with E-state index >= 15 is 0 Å². The lowest BCUT2D eigenvalue weighted by atomic mass is 9.52. The number of hydrogen-bond acceptors (Lipinski definition) is 3. The molecule has 3 heteroatoms. The predicted molar refractivity (Wildman–Crippen MR) is 94.5 cm³/mol. The molecule has 0 aliphatic heterocycles. The van der Waals surface area contributed by atoms with Crippen LogP contribution < -0.4 is 0 Å². The molecule has 130 valence electrons. The van der Waals surface area contributed by atoms with Gasteiger partial charge in [0.15, 0.2) is 0 Å². The average Bonchev–Trinajstić information content (AvgIpc) is 2.48. The molecule has 0 heterocycles. The molecule has 0 saturated heterocycles. The standard InChI is InChI=1S/C21H28O3/c1-13(2)24-21-10-14-7-16(11-21)19(17(8-14)12-21)20(23-3)15-5-4-6-18(22)9-15/h4-6,9,13-14,16-17,22H,7-8,10-12H2,1-3H3. The fourth-order valence-electron chi connectivity index (χ4n) is 5.78. The number of phenolic OH excluding ortho intramolecular Hbond substituents is 1. The van der Waals surface area contributed by atoms with E-state index in [1.54, 1.807) is 13.2 Å². The molecule has 4 fully saturated rings. The first-order valence-electron chi connectivity index (χ1n) is 9.25. The van der Waals surface area contributed by atoms with Crippen LogP contribution in [0.25, 0.3) is 5.76 Å². The van der Waals surface area contributed by atoms with E-state index in [1.807, 2.05) is 18.2 Å². The zero-order valence-corrected chi connectivity index (χ0v) is 14.9. The third kappa shape index (κ3) is 2.63. The number of allylic oxidation sites excluding steroid dienone is 1. The van der Waals surface area contributed by atoms with E-state index in [4.69, 9.17) is 9.47 Å². The second kappa shape index (κ2) is 5.80. The number of hydrogen-bond donors (Lipinski definition) is 1. The molecule has 0 spiro atoms. The van der Waals surface area contributed by atoms with Gasteiger partial charge in [0.05, 0.1) is 18.8 Å². The van der Waals surface area contributed by atoms with E-state index in [0.29, 0.717) is 23.7 Å². The molecule has 0 amide bonds. The van der Waals surface area contributed by atoms with Crippen LogP contribution >= 0.6 is 0 Å². The van der Waals surface area contributed by atoms with Crippen molar-refractivity contribution >= 4 is 5.76 Å². The van der Waals surface area contributed by atoms with Crippen molar-refractivity contribution in [2.45, 2.75) is 57.7 Å². The van der Waals surface area contributed by atoms with Gasteiger partial charge in [0, 0.05) is 5.56 Å². The average molecular weight is 328 g/mol. The second-order valence-corrected chi connectivity index (χ2v) is 8.23. The SMILES string of the molecule is COC(=C1C2CC3CC1CC(OC(C)C)(C3)C2)c1cccc(O)c1. The lowest BCUT2D eigenvalue weighted by Crippen LogP contribution is -2.54. The molecular weight excluding hydrogens is 300 g/mol. The second-order valence-electron chi connectivity index (χ2n) is 8.23. The zero-order valence-electron chi connectivity index (χ0n) is 14.9. The van der Waals surface area contributed by atoms with Crippen LogP contribution in [0.4, 0.5) is 0 Å². The zero-order chi connectivity index (χ0) is 16.9. The number of phenols is 1. The maximum absolute atomic E-state index is 9.85. The molecule has 2 unspecified atom stereocenters. The summed E-state index contributed by atoms with van der Waals surface area (Å²) in [5.41, 5.74) is 2.56. The van der Waals surface area contributed by atoms with Gasteiger partial charge in [-0.05, 0) is 81.4 Å². The van der Waals surface area contributed by atoms with Gasteiger partial charge >= 0.3 is 0 Å². The Morgan fingerprint density at radius 3 is 2.46 bits per heavy atom. The number of aromatic hydroxyl groups is 1. The van der Waals surface area contributed by atoms with E-state index in [0.717, 1.165) is 30.1 Å². The normalized spacial score (nSPS) is 34.0. The van der Waals surface area contributed by atoms with Gasteiger partial charge < -0.3 is 14.6 Å². The Kier molecular flexibility index (Phi) is 3.87. The summed E-state index contributed by atoms with van der Waals surface area (Å²) in [6.07, 6.45) is 6.31. The van der Waals surface area contributed by atoms with Crippen LogP contribution in [0.5, 0.6) is 5.75 Å². The highest BCUT2D eigenvalue weighted by atomic mass is 16.5.